The van der Waals surface area contributed by atoms with Gasteiger partial charge >= 0.3 is 0 Å². The van der Waals surface area contributed by atoms with E-state index in [9.17, 15) is 0 Å². The quantitative estimate of drug-likeness (QED) is 0.514. The van der Waals surface area contributed by atoms with E-state index in [2.05, 4.69) is 15.0 Å². The molecule has 0 aliphatic carbocycles. The molecule has 2 aromatic heterocycles. The normalized spacial score (nSPS) is 10.3. The van der Waals surface area contributed by atoms with Gasteiger partial charge in [-0.25, -0.2) is 4.98 Å². The zero-order valence-corrected chi connectivity index (χ0v) is 14.8. The number of unbranched alkanes of at least 4 members (excludes halogenated alkanes) is 1. The number of rotatable bonds is 9. The van der Waals surface area contributed by atoms with Crippen LogP contribution in [0.25, 0.3) is 0 Å². The molecule has 0 unspecified atom stereocenters. The van der Waals surface area contributed by atoms with Crippen LogP contribution < -0.4 is 14.2 Å². The second kappa shape index (κ2) is 9.58. The van der Waals surface area contributed by atoms with Crippen molar-refractivity contribution in [2.24, 2.45) is 0 Å². The molecular formula is C19H18ClN3O3. The smallest absolute Gasteiger partial charge is 0.237 e. The van der Waals surface area contributed by atoms with Crippen LogP contribution in [0.5, 0.6) is 23.1 Å². The van der Waals surface area contributed by atoms with Gasteiger partial charge in [-0.1, -0.05) is 11.6 Å². The van der Waals surface area contributed by atoms with Crippen molar-refractivity contribution in [2.45, 2.75) is 12.8 Å². The van der Waals surface area contributed by atoms with Crippen molar-refractivity contribution in [3.63, 3.8) is 0 Å². The molecule has 1 aromatic carbocycles. The van der Waals surface area contributed by atoms with Gasteiger partial charge in [0.25, 0.3) is 0 Å². The van der Waals surface area contributed by atoms with E-state index < -0.39 is 0 Å². The van der Waals surface area contributed by atoms with Gasteiger partial charge in [0.2, 0.25) is 5.88 Å². The number of pyridine rings is 1. The summed E-state index contributed by atoms with van der Waals surface area (Å²) in [6.07, 6.45) is 9.83. The van der Waals surface area contributed by atoms with Crippen LogP contribution in [0.3, 0.4) is 0 Å². The number of aromatic nitrogens is 3. The van der Waals surface area contributed by atoms with Gasteiger partial charge in [0.05, 0.1) is 24.4 Å². The molecule has 0 amide bonds. The number of halogens is 1. The van der Waals surface area contributed by atoms with Gasteiger partial charge in [-0.15, -0.1) is 0 Å². The zero-order valence-electron chi connectivity index (χ0n) is 14.0. The predicted molar refractivity (Wildman–Crippen MR) is 98.0 cm³/mol. The fraction of sp³-hybridized carbons (Fsp3) is 0.211. The lowest BCUT2D eigenvalue weighted by Crippen LogP contribution is -2.03. The Kier molecular flexibility index (Phi) is 6.61. The summed E-state index contributed by atoms with van der Waals surface area (Å²) in [6, 6.07) is 8.92. The SMILES string of the molecule is Clc1cc(Oc2cnccn2)ccc1OCCCCOc1ccncc1. The maximum Gasteiger partial charge on any atom is 0.237 e. The van der Waals surface area contributed by atoms with Crippen LogP contribution in [0, 0.1) is 0 Å². The largest absolute Gasteiger partial charge is 0.493 e. The summed E-state index contributed by atoms with van der Waals surface area (Å²) in [5, 5.41) is 0.486. The van der Waals surface area contributed by atoms with Crippen LogP contribution in [0.4, 0.5) is 0 Å². The average Bonchev–Trinajstić information content (AvgIpc) is 2.67. The minimum Gasteiger partial charge on any atom is -0.493 e. The van der Waals surface area contributed by atoms with E-state index in [1.54, 1.807) is 43.0 Å². The highest BCUT2D eigenvalue weighted by molar-refractivity contribution is 6.32. The van der Waals surface area contributed by atoms with Gasteiger partial charge < -0.3 is 14.2 Å². The highest BCUT2D eigenvalue weighted by atomic mass is 35.5. The van der Waals surface area contributed by atoms with E-state index in [-0.39, 0.29) is 0 Å². The number of benzene rings is 1. The lowest BCUT2D eigenvalue weighted by Gasteiger charge is -2.10. The molecule has 0 spiro atoms. The van der Waals surface area contributed by atoms with E-state index in [1.807, 2.05) is 12.1 Å². The highest BCUT2D eigenvalue weighted by Gasteiger charge is 2.05. The highest BCUT2D eigenvalue weighted by Crippen LogP contribution is 2.30. The van der Waals surface area contributed by atoms with Crippen molar-refractivity contribution in [1.29, 1.82) is 0 Å². The molecule has 0 N–H and O–H groups in total. The lowest BCUT2D eigenvalue weighted by molar-refractivity contribution is 0.266. The Balaban J connectivity index is 1.39. The van der Waals surface area contributed by atoms with Crippen LogP contribution in [0.1, 0.15) is 12.8 Å². The molecule has 0 atom stereocenters. The molecule has 0 aliphatic rings. The number of hydrogen-bond donors (Lipinski definition) is 0. The molecule has 3 aromatic rings. The Bertz CT molecular complexity index is 804. The first kappa shape index (κ1) is 17.9. The topological polar surface area (TPSA) is 66.4 Å². The van der Waals surface area contributed by atoms with Crippen LogP contribution in [-0.4, -0.2) is 28.2 Å². The summed E-state index contributed by atoms with van der Waals surface area (Å²) in [6.45, 7) is 1.19. The van der Waals surface area contributed by atoms with Crippen molar-refractivity contribution in [3.8, 4) is 23.1 Å². The van der Waals surface area contributed by atoms with Gasteiger partial charge in [-0.05, 0) is 37.1 Å². The summed E-state index contributed by atoms with van der Waals surface area (Å²) in [5.74, 6) is 2.43. The maximum atomic E-state index is 6.24. The van der Waals surface area contributed by atoms with E-state index in [0.29, 0.717) is 35.6 Å². The molecule has 3 rings (SSSR count). The average molecular weight is 372 g/mol. The van der Waals surface area contributed by atoms with Crippen LogP contribution in [-0.2, 0) is 0 Å². The first-order valence-electron chi connectivity index (χ1n) is 8.20. The van der Waals surface area contributed by atoms with Crippen molar-refractivity contribution < 1.29 is 14.2 Å². The summed E-state index contributed by atoms with van der Waals surface area (Å²) >= 11 is 6.24. The molecular weight excluding hydrogens is 354 g/mol. The van der Waals surface area contributed by atoms with Gasteiger partial charge in [-0.3, -0.25) is 9.97 Å². The molecule has 0 saturated heterocycles. The van der Waals surface area contributed by atoms with Crippen molar-refractivity contribution in [1.82, 2.24) is 15.0 Å². The Morgan fingerprint density at radius 2 is 1.62 bits per heavy atom. The van der Waals surface area contributed by atoms with Crippen molar-refractivity contribution in [3.05, 3.63) is 66.3 Å². The molecule has 7 heteroatoms. The molecule has 0 radical (unpaired) electrons. The minimum absolute atomic E-state index is 0.409. The Morgan fingerprint density at radius 3 is 2.35 bits per heavy atom. The molecule has 0 saturated carbocycles. The van der Waals surface area contributed by atoms with Gasteiger partial charge in [-0.2, -0.15) is 0 Å². The molecule has 134 valence electrons. The Labute approximate surface area is 156 Å². The van der Waals surface area contributed by atoms with Crippen LogP contribution in [0.15, 0.2) is 61.3 Å². The van der Waals surface area contributed by atoms with Gasteiger partial charge in [0.15, 0.2) is 0 Å². The second-order valence-corrected chi connectivity index (χ2v) is 5.73. The molecule has 26 heavy (non-hydrogen) atoms. The van der Waals surface area contributed by atoms with Gasteiger partial charge in [0.1, 0.15) is 17.2 Å². The zero-order chi connectivity index (χ0) is 18.0. The third-order valence-corrected chi connectivity index (χ3v) is 3.68. The fourth-order valence-electron chi connectivity index (χ4n) is 2.13. The first-order valence-corrected chi connectivity index (χ1v) is 8.58. The predicted octanol–water partition coefficient (Wildman–Crippen LogP) is 4.56. The number of nitrogens with zero attached hydrogens (tertiary/aromatic N) is 3. The summed E-state index contributed by atoms with van der Waals surface area (Å²) in [7, 11) is 0. The molecule has 0 bridgehead atoms. The third-order valence-electron chi connectivity index (χ3n) is 3.38. The van der Waals surface area contributed by atoms with Crippen molar-refractivity contribution in [2.75, 3.05) is 13.2 Å². The maximum absolute atomic E-state index is 6.24. The van der Waals surface area contributed by atoms with E-state index in [0.717, 1.165) is 18.6 Å². The standard InChI is InChI=1S/C19H18ClN3O3/c20-17-13-16(26-19-14-22-9-10-23-19)3-4-18(17)25-12-2-1-11-24-15-5-7-21-8-6-15/h3-10,13-14H,1-2,11-12H2. The second-order valence-electron chi connectivity index (χ2n) is 5.32. The lowest BCUT2D eigenvalue weighted by atomic mass is 10.3. The van der Waals surface area contributed by atoms with Crippen molar-refractivity contribution >= 4 is 11.6 Å². The summed E-state index contributed by atoms with van der Waals surface area (Å²) < 4.78 is 16.9. The monoisotopic (exact) mass is 371 g/mol. The molecule has 0 fully saturated rings. The van der Waals surface area contributed by atoms with E-state index >= 15 is 0 Å². The Hall–Kier alpha value is -2.86. The third kappa shape index (κ3) is 5.60. The fourth-order valence-corrected chi connectivity index (χ4v) is 2.36. The number of hydrogen-bond acceptors (Lipinski definition) is 6. The number of ether oxygens (including phenoxy) is 3. The Morgan fingerprint density at radius 1 is 0.808 bits per heavy atom. The molecule has 2 heterocycles. The van der Waals surface area contributed by atoms with E-state index in [4.69, 9.17) is 25.8 Å². The first-order chi connectivity index (χ1) is 12.8. The molecule has 0 aliphatic heterocycles. The minimum atomic E-state index is 0.409. The summed E-state index contributed by atoms with van der Waals surface area (Å²) in [5.41, 5.74) is 0. The van der Waals surface area contributed by atoms with E-state index in [1.165, 1.54) is 6.20 Å². The summed E-state index contributed by atoms with van der Waals surface area (Å²) in [4.78, 5) is 11.9. The van der Waals surface area contributed by atoms with Gasteiger partial charge in [0, 0.05) is 30.9 Å². The van der Waals surface area contributed by atoms with Crippen LogP contribution >= 0.6 is 11.6 Å². The van der Waals surface area contributed by atoms with Crippen LogP contribution in [0.2, 0.25) is 5.02 Å². The molecule has 6 nitrogen and oxygen atoms in total.